The van der Waals surface area contributed by atoms with Gasteiger partial charge in [-0.2, -0.15) is 0 Å². The van der Waals surface area contributed by atoms with E-state index in [-0.39, 0.29) is 24.3 Å². The molecule has 0 bridgehead atoms. The van der Waals surface area contributed by atoms with Crippen molar-refractivity contribution in [2.24, 2.45) is 5.92 Å². The maximum Gasteiger partial charge on any atom is 0.309 e. The highest BCUT2D eigenvalue weighted by Gasteiger charge is 2.23. The second-order valence-electron chi connectivity index (χ2n) is 3.29. The molecule has 0 aromatic heterocycles. The summed E-state index contributed by atoms with van der Waals surface area (Å²) in [5, 5.41) is 0.811. The van der Waals surface area contributed by atoms with Crippen LogP contribution in [0, 0.1) is 5.92 Å². The Morgan fingerprint density at radius 1 is 1.19 bits per heavy atom. The van der Waals surface area contributed by atoms with E-state index in [1.165, 1.54) is 0 Å². The van der Waals surface area contributed by atoms with Crippen LogP contribution in [-0.4, -0.2) is 30.5 Å². The molecule has 0 aromatic carbocycles. The van der Waals surface area contributed by atoms with Crippen LogP contribution in [0.2, 0.25) is 0 Å². The van der Waals surface area contributed by atoms with Gasteiger partial charge in [-0.25, -0.2) is 0 Å². The van der Waals surface area contributed by atoms with Crippen molar-refractivity contribution in [3.05, 3.63) is 0 Å². The van der Waals surface area contributed by atoms with Gasteiger partial charge in [0.2, 0.25) is 0 Å². The number of halogens is 1. The highest BCUT2D eigenvalue weighted by Crippen LogP contribution is 2.15. The molecule has 5 heteroatoms. The number of esters is 2. The van der Waals surface area contributed by atoms with Gasteiger partial charge < -0.3 is 9.47 Å². The Bertz CT molecular complexity index is 218. The standard InChI is InChI=1S/C11H19BrO4/c1-3-15-10(13)8-9(6-5-7-12)11(14)16-4-2/h9H,3-8H2,1-2H3. The van der Waals surface area contributed by atoms with Crippen molar-refractivity contribution >= 4 is 27.9 Å². The zero-order valence-corrected chi connectivity index (χ0v) is 11.4. The summed E-state index contributed by atoms with van der Waals surface area (Å²) in [5.41, 5.74) is 0. The van der Waals surface area contributed by atoms with Crippen molar-refractivity contribution in [2.75, 3.05) is 18.5 Å². The predicted octanol–water partition coefficient (Wildman–Crippen LogP) is 2.29. The van der Waals surface area contributed by atoms with E-state index in [1.807, 2.05) is 0 Å². The van der Waals surface area contributed by atoms with Crippen molar-refractivity contribution in [3.63, 3.8) is 0 Å². The fraction of sp³-hybridized carbons (Fsp3) is 0.818. The number of hydrogen-bond acceptors (Lipinski definition) is 4. The largest absolute Gasteiger partial charge is 0.466 e. The van der Waals surface area contributed by atoms with Gasteiger partial charge >= 0.3 is 11.9 Å². The average Bonchev–Trinajstić information content (AvgIpc) is 2.24. The SMILES string of the molecule is CCOC(=O)CC(CCCBr)C(=O)OCC. The Morgan fingerprint density at radius 3 is 2.31 bits per heavy atom. The first kappa shape index (κ1) is 15.4. The van der Waals surface area contributed by atoms with Gasteiger partial charge in [0.15, 0.2) is 0 Å². The van der Waals surface area contributed by atoms with Crippen LogP contribution in [0.4, 0.5) is 0 Å². The molecule has 94 valence electrons. The molecular formula is C11H19BrO4. The first-order valence-electron chi connectivity index (χ1n) is 5.53. The summed E-state index contributed by atoms with van der Waals surface area (Å²) in [4.78, 5) is 22.8. The van der Waals surface area contributed by atoms with Crippen LogP contribution in [-0.2, 0) is 19.1 Å². The van der Waals surface area contributed by atoms with Gasteiger partial charge in [0.1, 0.15) is 0 Å². The van der Waals surface area contributed by atoms with E-state index in [4.69, 9.17) is 9.47 Å². The van der Waals surface area contributed by atoms with Crippen LogP contribution in [0.1, 0.15) is 33.1 Å². The van der Waals surface area contributed by atoms with Crippen molar-refractivity contribution < 1.29 is 19.1 Å². The van der Waals surface area contributed by atoms with Gasteiger partial charge in [-0.05, 0) is 26.7 Å². The Morgan fingerprint density at radius 2 is 1.81 bits per heavy atom. The third-order valence-electron chi connectivity index (χ3n) is 2.02. The molecule has 0 aliphatic rings. The Labute approximate surface area is 105 Å². The first-order chi connectivity index (χ1) is 7.65. The number of carbonyl (C=O) groups excluding carboxylic acids is 2. The van der Waals surface area contributed by atoms with Gasteiger partial charge in [-0.1, -0.05) is 15.9 Å². The lowest BCUT2D eigenvalue weighted by Gasteiger charge is -2.13. The zero-order valence-electron chi connectivity index (χ0n) is 9.83. The highest BCUT2D eigenvalue weighted by atomic mass is 79.9. The van der Waals surface area contributed by atoms with Crippen LogP contribution in [0.3, 0.4) is 0 Å². The van der Waals surface area contributed by atoms with Crippen molar-refractivity contribution in [2.45, 2.75) is 33.1 Å². The lowest BCUT2D eigenvalue weighted by atomic mass is 10.0. The molecule has 0 spiro atoms. The van der Waals surface area contributed by atoms with E-state index in [9.17, 15) is 9.59 Å². The van der Waals surface area contributed by atoms with E-state index in [2.05, 4.69) is 15.9 Å². The van der Waals surface area contributed by atoms with Crippen LogP contribution in [0.25, 0.3) is 0 Å². The van der Waals surface area contributed by atoms with Gasteiger partial charge in [0, 0.05) is 5.33 Å². The third-order valence-corrected chi connectivity index (χ3v) is 2.59. The number of alkyl halides is 1. The molecule has 0 N–H and O–H groups in total. The van der Waals surface area contributed by atoms with Crippen LogP contribution >= 0.6 is 15.9 Å². The smallest absolute Gasteiger partial charge is 0.309 e. The highest BCUT2D eigenvalue weighted by molar-refractivity contribution is 9.09. The van der Waals surface area contributed by atoms with Gasteiger partial charge in [-0.15, -0.1) is 0 Å². The summed E-state index contributed by atoms with van der Waals surface area (Å²) in [5.74, 6) is -1.02. The molecule has 1 atom stereocenters. The molecule has 0 aliphatic carbocycles. The third kappa shape index (κ3) is 6.82. The molecule has 0 radical (unpaired) electrons. The quantitative estimate of drug-likeness (QED) is 0.509. The average molecular weight is 295 g/mol. The van der Waals surface area contributed by atoms with E-state index in [1.54, 1.807) is 13.8 Å². The minimum Gasteiger partial charge on any atom is -0.466 e. The molecule has 0 rings (SSSR count). The van der Waals surface area contributed by atoms with Gasteiger partial charge in [0.05, 0.1) is 25.6 Å². The summed E-state index contributed by atoms with van der Waals surface area (Å²) >= 11 is 3.29. The maximum atomic E-state index is 11.5. The van der Waals surface area contributed by atoms with Crippen LogP contribution in [0.5, 0.6) is 0 Å². The van der Waals surface area contributed by atoms with Crippen molar-refractivity contribution in [1.82, 2.24) is 0 Å². The summed E-state index contributed by atoms with van der Waals surface area (Å²) in [6.45, 7) is 4.18. The Balaban J connectivity index is 4.18. The van der Waals surface area contributed by atoms with Crippen LogP contribution < -0.4 is 0 Å². The summed E-state index contributed by atoms with van der Waals surface area (Å²) in [6.07, 6.45) is 1.59. The molecule has 16 heavy (non-hydrogen) atoms. The number of carbonyl (C=O) groups is 2. The monoisotopic (exact) mass is 294 g/mol. The second kappa shape index (κ2) is 9.63. The maximum absolute atomic E-state index is 11.5. The van der Waals surface area contributed by atoms with E-state index < -0.39 is 0 Å². The Kier molecular flexibility index (Phi) is 9.28. The molecule has 4 nitrogen and oxygen atoms in total. The second-order valence-corrected chi connectivity index (χ2v) is 4.08. The zero-order chi connectivity index (χ0) is 12.4. The Hall–Kier alpha value is -0.580. The lowest BCUT2D eigenvalue weighted by Crippen LogP contribution is -2.22. The van der Waals surface area contributed by atoms with E-state index in [0.29, 0.717) is 19.6 Å². The van der Waals surface area contributed by atoms with Gasteiger partial charge in [-0.3, -0.25) is 9.59 Å². The molecular weight excluding hydrogens is 276 g/mol. The summed E-state index contributed by atoms with van der Waals surface area (Å²) in [7, 11) is 0. The number of rotatable bonds is 8. The summed E-state index contributed by atoms with van der Waals surface area (Å²) in [6, 6.07) is 0. The minimum atomic E-state index is -0.378. The minimum absolute atomic E-state index is 0.111. The number of hydrogen-bond donors (Lipinski definition) is 0. The van der Waals surface area contributed by atoms with E-state index >= 15 is 0 Å². The molecule has 0 fully saturated rings. The van der Waals surface area contributed by atoms with Gasteiger partial charge in [0.25, 0.3) is 0 Å². The normalized spacial score (nSPS) is 11.9. The number of ether oxygens (including phenoxy) is 2. The molecule has 0 aliphatic heterocycles. The van der Waals surface area contributed by atoms with Crippen molar-refractivity contribution in [1.29, 1.82) is 0 Å². The molecule has 0 heterocycles. The predicted molar refractivity (Wildman–Crippen MR) is 64.4 cm³/mol. The summed E-state index contributed by atoms with van der Waals surface area (Å²) < 4.78 is 9.74. The van der Waals surface area contributed by atoms with Crippen molar-refractivity contribution in [3.8, 4) is 0 Å². The fourth-order valence-corrected chi connectivity index (χ4v) is 1.63. The fourth-order valence-electron chi connectivity index (χ4n) is 1.31. The van der Waals surface area contributed by atoms with E-state index in [0.717, 1.165) is 11.8 Å². The molecule has 0 amide bonds. The molecule has 1 unspecified atom stereocenters. The molecule has 0 saturated carbocycles. The lowest BCUT2D eigenvalue weighted by molar-refractivity contribution is -0.155. The molecule has 0 aromatic rings. The topological polar surface area (TPSA) is 52.6 Å². The first-order valence-corrected chi connectivity index (χ1v) is 6.66. The van der Waals surface area contributed by atoms with Crippen LogP contribution in [0.15, 0.2) is 0 Å². The molecule has 0 saturated heterocycles.